The lowest BCUT2D eigenvalue weighted by Crippen LogP contribution is -2.29. The highest BCUT2D eigenvalue weighted by molar-refractivity contribution is 6.54. The highest BCUT2D eigenvalue weighted by atomic mass is 35.5. The van der Waals surface area contributed by atoms with Crippen LogP contribution in [0.1, 0.15) is 31.4 Å². The van der Waals surface area contributed by atoms with E-state index >= 15 is 0 Å². The summed E-state index contributed by atoms with van der Waals surface area (Å²) < 4.78 is 0. The van der Waals surface area contributed by atoms with E-state index in [0.29, 0.717) is 27.8 Å². The fraction of sp³-hybridized carbons (Fsp3) is 0.250. The van der Waals surface area contributed by atoms with E-state index in [1.165, 1.54) is 0 Å². The molecule has 0 aromatic heterocycles. The van der Waals surface area contributed by atoms with E-state index in [-0.39, 0.29) is 24.0 Å². The van der Waals surface area contributed by atoms with Gasteiger partial charge >= 0.3 is 5.97 Å². The van der Waals surface area contributed by atoms with Crippen molar-refractivity contribution in [2.24, 2.45) is 11.1 Å². The monoisotopic (exact) mass is 404 g/mol. The zero-order valence-electron chi connectivity index (χ0n) is 14.9. The molecular weight excluding hydrogens is 387 g/mol. The van der Waals surface area contributed by atoms with Crippen LogP contribution in [0.3, 0.4) is 0 Å². The van der Waals surface area contributed by atoms with Crippen molar-refractivity contribution in [3.8, 4) is 0 Å². The number of fused-ring (bicyclic) bond motifs is 1. The maximum Gasteiger partial charge on any atom is 0.335 e. The van der Waals surface area contributed by atoms with Crippen LogP contribution in [0.15, 0.2) is 47.6 Å². The summed E-state index contributed by atoms with van der Waals surface area (Å²) in [6.07, 6.45) is 0.224. The van der Waals surface area contributed by atoms with Gasteiger partial charge in [-0.25, -0.2) is 4.79 Å². The molecule has 5 nitrogen and oxygen atoms in total. The highest BCUT2D eigenvalue weighted by Gasteiger charge is 2.35. The van der Waals surface area contributed by atoms with Crippen molar-refractivity contribution in [3.63, 3.8) is 0 Å². The van der Waals surface area contributed by atoms with Gasteiger partial charge in [0.15, 0.2) is 5.71 Å². The van der Waals surface area contributed by atoms with Crippen LogP contribution in [0.5, 0.6) is 0 Å². The average Bonchev–Trinajstić information content (AvgIpc) is 2.85. The molecule has 2 aromatic carbocycles. The van der Waals surface area contributed by atoms with Crippen LogP contribution in [0.2, 0.25) is 10.0 Å². The number of oxime groups is 1. The van der Waals surface area contributed by atoms with Gasteiger partial charge in [0.05, 0.1) is 18.7 Å². The number of benzene rings is 2. The molecule has 7 heteroatoms. The molecule has 0 aliphatic carbocycles. The number of halogens is 2. The zero-order valence-corrected chi connectivity index (χ0v) is 16.4. The molecule has 0 spiro atoms. The summed E-state index contributed by atoms with van der Waals surface area (Å²) in [4.78, 5) is 31.3. The molecule has 0 N–H and O–H groups in total. The topological polar surface area (TPSA) is 59.0 Å². The predicted octanol–water partition coefficient (Wildman–Crippen LogP) is 4.83. The second-order valence-electron chi connectivity index (χ2n) is 6.68. The van der Waals surface area contributed by atoms with E-state index in [1.54, 1.807) is 35.2 Å². The molecule has 1 heterocycles. The second-order valence-corrected chi connectivity index (χ2v) is 7.55. The standard InChI is InChI=1S/C20H18Cl2N2O3/c1-12(2)9-18(25)27-23-19-16-10-15(22)7-8-17(16)24(20(19)26)11-13-3-5-14(21)6-4-13/h3-8,10,12H,9,11H2,1-2H3. The highest BCUT2D eigenvalue weighted by Crippen LogP contribution is 2.33. The number of carbonyl (C=O) groups is 2. The van der Waals surface area contributed by atoms with Gasteiger partial charge in [-0.15, -0.1) is 0 Å². The number of carbonyl (C=O) groups excluding carboxylic acids is 2. The summed E-state index contributed by atoms with van der Waals surface area (Å²) in [5, 5.41) is 4.93. The molecule has 0 atom stereocenters. The fourth-order valence-corrected chi connectivity index (χ4v) is 3.07. The van der Waals surface area contributed by atoms with E-state index < -0.39 is 5.97 Å². The van der Waals surface area contributed by atoms with Crippen molar-refractivity contribution in [2.75, 3.05) is 4.90 Å². The Morgan fingerprint density at radius 2 is 1.78 bits per heavy atom. The lowest BCUT2D eigenvalue weighted by molar-refractivity contribution is -0.144. The quantitative estimate of drug-likeness (QED) is 0.529. The third-order valence-electron chi connectivity index (χ3n) is 4.02. The Morgan fingerprint density at radius 1 is 1.11 bits per heavy atom. The van der Waals surface area contributed by atoms with Gasteiger partial charge in [0.1, 0.15) is 0 Å². The smallest absolute Gasteiger partial charge is 0.317 e. The van der Waals surface area contributed by atoms with E-state index in [1.807, 2.05) is 26.0 Å². The largest absolute Gasteiger partial charge is 0.335 e. The Kier molecular flexibility index (Phi) is 5.82. The minimum atomic E-state index is -0.481. The number of nitrogens with zero attached hydrogens (tertiary/aromatic N) is 2. The van der Waals surface area contributed by atoms with Gasteiger partial charge < -0.3 is 9.74 Å². The lowest BCUT2D eigenvalue weighted by Gasteiger charge is -2.17. The van der Waals surface area contributed by atoms with E-state index in [4.69, 9.17) is 28.0 Å². The molecule has 1 aliphatic heterocycles. The molecule has 0 saturated carbocycles. The van der Waals surface area contributed by atoms with E-state index in [2.05, 4.69) is 5.16 Å². The molecule has 1 amide bonds. The number of anilines is 1. The number of rotatable bonds is 5. The van der Waals surface area contributed by atoms with Crippen LogP contribution in [-0.4, -0.2) is 17.6 Å². The van der Waals surface area contributed by atoms with Gasteiger partial charge in [-0.2, -0.15) is 0 Å². The van der Waals surface area contributed by atoms with Crippen LogP contribution in [0, 0.1) is 5.92 Å². The SMILES string of the molecule is CC(C)CC(=O)ON=C1C(=O)N(Cc2ccc(Cl)cc2)c2ccc(Cl)cc21. The molecule has 0 saturated heterocycles. The van der Waals surface area contributed by atoms with Gasteiger partial charge in [-0.3, -0.25) is 4.79 Å². The Hall–Kier alpha value is -2.37. The first kappa shape index (κ1) is 19.4. The molecule has 3 rings (SSSR count). The van der Waals surface area contributed by atoms with Gasteiger partial charge in [0.25, 0.3) is 5.91 Å². The van der Waals surface area contributed by atoms with E-state index in [0.717, 1.165) is 5.56 Å². The molecular formula is C20H18Cl2N2O3. The summed E-state index contributed by atoms with van der Waals surface area (Å²) in [6.45, 7) is 4.14. The maximum absolute atomic E-state index is 12.9. The van der Waals surface area contributed by atoms with Crippen LogP contribution >= 0.6 is 23.2 Å². The second kappa shape index (κ2) is 8.11. The summed E-state index contributed by atoms with van der Waals surface area (Å²) in [6, 6.07) is 12.3. The van der Waals surface area contributed by atoms with Crippen LogP contribution in [0.4, 0.5) is 5.69 Å². The minimum absolute atomic E-state index is 0.0681. The van der Waals surface area contributed by atoms with Gasteiger partial charge in [-0.1, -0.05) is 54.3 Å². The van der Waals surface area contributed by atoms with Gasteiger partial charge in [-0.05, 0) is 41.8 Å². The first-order valence-electron chi connectivity index (χ1n) is 8.49. The van der Waals surface area contributed by atoms with Crippen molar-refractivity contribution >= 4 is 46.5 Å². The Labute approximate surface area is 167 Å². The Balaban J connectivity index is 1.90. The number of hydrogen-bond donors (Lipinski definition) is 0. The Bertz CT molecular complexity index is 908. The minimum Gasteiger partial charge on any atom is -0.317 e. The molecule has 2 aromatic rings. The number of amides is 1. The summed E-state index contributed by atoms with van der Waals surface area (Å²) >= 11 is 12.0. The maximum atomic E-state index is 12.9. The first-order valence-corrected chi connectivity index (χ1v) is 9.25. The fourth-order valence-electron chi connectivity index (χ4n) is 2.77. The average molecular weight is 405 g/mol. The summed E-state index contributed by atoms with van der Waals surface area (Å²) in [7, 11) is 0. The van der Waals surface area contributed by atoms with Crippen molar-refractivity contribution in [1.29, 1.82) is 0 Å². The van der Waals surface area contributed by atoms with Crippen molar-refractivity contribution in [2.45, 2.75) is 26.8 Å². The third kappa shape index (κ3) is 4.49. The van der Waals surface area contributed by atoms with Gasteiger partial charge in [0.2, 0.25) is 0 Å². The summed E-state index contributed by atoms with van der Waals surface area (Å²) in [5.41, 5.74) is 2.18. The number of hydrogen-bond acceptors (Lipinski definition) is 4. The molecule has 27 heavy (non-hydrogen) atoms. The van der Waals surface area contributed by atoms with Crippen molar-refractivity contribution in [1.82, 2.24) is 0 Å². The molecule has 0 fully saturated rings. The molecule has 0 bridgehead atoms. The third-order valence-corrected chi connectivity index (χ3v) is 4.51. The molecule has 140 valence electrons. The molecule has 0 radical (unpaired) electrons. The Morgan fingerprint density at radius 3 is 2.44 bits per heavy atom. The van der Waals surface area contributed by atoms with Crippen molar-refractivity contribution < 1.29 is 14.4 Å². The van der Waals surface area contributed by atoms with Crippen LogP contribution < -0.4 is 4.90 Å². The first-order chi connectivity index (χ1) is 12.8. The van der Waals surface area contributed by atoms with Crippen LogP contribution in [-0.2, 0) is 21.0 Å². The summed E-state index contributed by atoms with van der Waals surface area (Å²) in [5.74, 6) is -0.690. The lowest BCUT2D eigenvalue weighted by atomic mass is 10.1. The molecule has 1 aliphatic rings. The van der Waals surface area contributed by atoms with Gasteiger partial charge in [0, 0.05) is 15.6 Å². The normalized spacial score (nSPS) is 14.8. The predicted molar refractivity (Wildman–Crippen MR) is 106 cm³/mol. The molecule has 0 unspecified atom stereocenters. The zero-order chi connectivity index (χ0) is 19.6. The van der Waals surface area contributed by atoms with Crippen LogP contribution in [0.25, 0.3) is 0 Å². The van der Waals surface area contributed by atoms with Crippen molar-refractivity contribution in [3.05, 3.63) is 63.6 Å². The van der Waals surface area contributed by atoms with E-state index in [9.17, 15) is 9.59 Å².